The number of hydrogen-bond acceptors (Lipinski definition) is 4. The molecule has 7 heteroatoms. The predicted octanol–water partition coefficient (Wildman–Crippen LogP) is 2.98. The standard InChI is InChI=1S/C14H17ClINO4/c1-4-5-17(8-13(18)21-3)14(19)9-6-10(15)11(16)7-12(9)20-2/h6-7H,4-5,8H2,1-3H3. The van der Waals surface area contributed by atoms with Gasteiger partial charge in [0.25, 0.3) is 5.91 Å². The molecule has 1 amide bonds. The van der Waals surface area contributed by atoms with Crippen LogP contribution in [0, 0.1) is 3.57 Å². The number of nitrogens with zero attached hydrogens (tertiary/aromatic N) is 1. The van der Waals surface area contributed by atoms with E-state index in [-0.39, 0.29) is 12.5 Å². The molecule has 1 aromatic rings. The molecule has 0 fully saturated rings. The van der Waals surface area contributed by atoms with E-state index in [1.165, 1.54) is 19.1 Å². The van der Waals surface area contributed by atoms with Crippen LogP contribution in [0.2, 0.25) is 5.02 Å². The summed E-state index contributed by atoms with van der Waals surface area (Å²) in [7, 11) is 2.78. The molecule has 0 saturated heterocycles. The molecule has 1 rings (SSSR count). The second-order valence-electron chi connectivity index (χ2n) is 4.27. The summed E-state index contributed by atoms with van der Waals surface area (Å²) >= 11 is 8.14. The van der Waals surface area contributed by atoms with Crippen LogP contribution in [0.5, 0.6) is 5.75 Å². The van der Waals surface area contributed by atoms with Crippen molar-refractivity contribution in [1.29, 1.82) is 0 Å². The number of ether oxygens (including phenoxy) is 2. The van der Waals surface area contributed by atoms with E-state index >= 15 is 0 Å². The van der Waals surface area contributed by atoms with E-state index in [4.69, 9.17) is 16.3 Å². The molecule has 0 N–H and O–H groups in total. The summed E-state index contributed by atoms with van der Waals surface area (Å²) in [5.74, 6) is -0.343. The second kappa shape index (κ2) is 8.43. The Morgan fingerprint density at radius 2 is 2.00 bits per heavy atom. The van der Waals surface area contributed by atoms with E-state index in [1.54, 1.807) is 12.1 Å². The van der Waals surface area contributed by atoms with E-state index < -0.39 is 5.97 Å². The second-order valence-corrected chi connectivity index (χ2v) is 5.84. The van der Waals surface area contributed by atoms with Crippen molar-refractivity contribution in [2.45, 2.75) is 13.3 Å². The summed E-state index contributed by atoms with van der Waals surface area (Å²) < 4.78 is 10.6. The van der Waals surface area contributed by atoms with Crippen LogP contribution in [0.1, 0.15) is 23.7 Å². The van der Waals surface area contributed by atoms with Crippen molar-refractivity contribution >= 4 is 46.1 Å². The highest BCUT2D eigenvalue weighted by molar-refractivity contribution is 14.1. The highest BCUT2D eigenvalue weighted by atomic mass is 127. The number of amides is 1. The number of carbonyl (C=O) groups is 2. The van der Waals surface area contributed by atoms with Crippen LogP contribution in [0.25, 0.3) is 0 Å². The third-order valence-corrected chi connectivity index (χ3v) is 4.33. The van der Waals surface area contributed by atoms with Gasteiger partial charge in [-0.2, -0.15) is 0 Å². The molecule has 0 saturated carbocycles. The predicted molar refractivity (Wildman–Crippen MR) is 88.9 cm³/mol. The molecule has 0 unspecified atom stereocenters. The Morgan fingerprint density at radius 1 is 1.33 bits per heavy atom. The lowest BCUT2D eigenvalue weighted by Crippen LogP contribution is -2.37. The van der Waals surface area contributed by atoms with E-state index in [9.17, 15) is 9.59 Å². The zero-order valence-electron chi connectivity index (χ0n) is 12.1. The molecule has 0 heterocycles. The molecule has 0 aliphatic heterocycles. The molecule has 5 nitrogen and oxygen atoms in total. The number of benzene rings is 1. The minimum Gasteiger partial charge on any atom is -0.496 e. The zero-order valence-corrected chi connectivity index (χ0v) is 15.0. The smallest absolute Gasteiger partial charge is 0.325 e. The van der Waals surface area contributed by atoms with Crippen molar-refractivity contribution in [3.05, 3.63) is 26.3 Å². The molecule has 0 bridgehead atoms. The van der Waals surface area contributed by atoms with Crippen LogP contribution in [0.15, 0.2) is 12.1 Å². The van der Waals surface area contributed by atoms with Gasteiger partial charge in [-0.25, -0.2) is 0 Å². The first-order chi connectivity index (χ1) is 9.94. The van der Waals surface area contributed by atoms with Crippen LogP contribution in [-0.2, 0) is 9.53 Å². The molecule has 1 aromatic carbocycles. The number of hydrogen-bond donors (Lipinski definition) is 0. The van der Waals surface area contributed by atoms with Crippen LogP contribution in [-0.4, -0.2) is 44.1 Å². The fourth-order valence-corrected chi connectivity index (χ4v) is 2.38. The Morgan fingerprint density at radius 3 is 2.52 bits per heavy atom. The molecule has 0 spiro atoms. The van der Waals surface area contributed by atoms with Crippen LogP contribution >= 0.6 is 34.2 Å². The van der Waals surface area contributed by atoms with E-state index in [2.05, 4.69) is 27.3 Å². The van der Waals surface area contributed by atoms with Crippen LogP contribution in [0.3, 0.4) is 0 Å². The van der Waals surface area contributed by atoms with Gasteiger partial charge in [0.2, 0.25) is 0 Å². The fourth-order valence-electron chi connectivity index (χ4n) is 1.78. The van der Waals surface area contributed by atoms with Gasteiger partial charge in [0.05, 0.1) is 24.8 Å². The average Bonchev–Trinajstić information content (AvgIpc) is 2.48. The Labute approximate surface area is 142 Å². The van der Waals surface area contributed by atoms with Crippen molar-refractivity contribution in [3.63, 3.8) is 0 Å². The summed E-state index contributed by atoms with van der Waals surface area (Å²) in [5, 5.41) is 0.467. The Kier molecular flexibility index (Phi) is 7.24. The van der Waals surface area contributed by atoms with E-state index in [0.717, 1.165) is 9.99 Å². The number of rotatable bonds is 6. The molecule has 0 aliphatic rings. The molecule has 0 radical (unpaired) electrons. The Hall–Kier alpha value is -1.02. The summed E-state index contributed by atoms with van der Waals surface area (Å²) in [6.07, 6.45) is 0.725. The summed E-state index contributed by atoms with van der Waals surface area (Å²) in [4.78, 5) is 25.5. The topological polar surface area (TPSA) is 55.8 Å². The average molecular weight is 426 g/mol. The Balaban J connectivity index is 3.13. The van der Waals surface area contributed by atoms with Crippen molar-refractivity contribution in [2.24, 2.45) is 0 Å². The lowest BCUT2D eigenvalue weighted by Gasteiger charge is -2.22. The molecule has 0 aliphatic carbocycles. The van der Waals surface area contributed by atoms with Gasteiger partial charge >= 0.3 is 5.97 Å². The molecule has 21 heavy (non-hydrogen) atoms. The minimum atomic E-state index is -0.465. The van der Waals surface area contributed by atoms with Gasteiger partial charge in [-0.15, -0.1) is 0 Å². The summed E-state index contributed by atoms with van der Waals surface area (Å²) in [5.41, 5.74) is 0.334. The number of esters is 1. The molecule has 0 atom stereocenters. The summed E-state index contributed by atoms with van der Waals surface area (Å²) in [6.45, 7) is 2.27. The monoisotopic (exact) mass is 425 g/mol. The highest BCUT2D eigenvalue weighted by Crippen LogP contribution is 2.29. The third-order valence-electron chi connectivity index (χ3n) is 2.80. The maximum absolute atomic E-state index is 12.6. The quantitative estimate of drug-likeness (QED) is 0.519. The third kappa shape index (κ3) is 4.74. The van der Waals surface area contributed by atoms with Gasteiger partial charge in [0.15, 0.2) is 0 Å². The van der Waals surface area contributed by atoms with Gasteiger partial charge < -0.3 is 14.4 Å². The van der Waals surface area contributed by atoms with Gasteiger partial charge in [0, 0.05) is 10.1 Å². The lowest BCUT2D eigenvalue weighted by molar-refractivity contribution is -0.141. The first-order valence-electron chi connectivity index (χ1n) is 6.33. The van der Waals surface area contributed by atoms with Crippen molar-refractivity contribution in [1.82, 2.24) is 4.90 Å². The molecular formula is C14H17ClINO4. The molecule has 0 aromatic heterocycles. The van der Waals surface area contributed by atoms with Crippen molar-refractivity contribution in [3.8, 4) is 5.75 Å². The van der Waals surface area contributed by atoms with Gasteiger partial charge in [-0.05, 0) is 41.1 Å². The maximum Gasteiger partial charge on any atom is 0.325 e. The van der Waals surface area contributed by atoms with E-state index in [0.29, 0.717) is 22.9 Å². The molecular weight excluding hydrogens is 409 g/mol. The highest BCUT2D eigenvalue weighted by Gasteiger charge is 2.22. The SMILES string of the molecule is CCCN(CC(=O)OC)C(=O)c1cc(Cl)c(I)cc1OC. The minimum absolute atomic E-state index is 0.101. The Bertz CT molecular complexity index is 536. The first-order valence-corrected chi connectivity index (χ1v) is 7.79. The molecule has 116 valence electrons. The first kappa shape index (κ1) is 18.0. The normalized spacial score (nSPS) is 10.1. The number of carbonyl (C=O) groups excluding carboxylic acids is 2. The van der Waals surface area contributed by atoms with E-state index in [1.807, 2.05) is 6.92 Å². The van der Waals surface area contributed by atoms with Crippen LogP contribution < -0.4 is 4.74 Å². The number of halogens is 2. The van der Waals surface area contributed by atoms with Gasteiger partial charge in [-0.1, -0.05) is 18.5 Å². The summed E-state index contributed by atoms with van der Waals surface area (Å²) in [6, 6.07) is 3.25. The van der Waals surface area contributed by atoms with Gasteiger partial charge in [0.1, 0.15) is 12.3 Å². The fraction of sp³-hybridized carbons (Fsp3) is 0.429. The number of methoxy groups -OCH3 is 2. The van der Waals surface area contributed by atoms with Crippen LogP contribution in [0.4, 0.5) is 0 Å². The van der Waals surface area contributed by atoms with Crippen molar-refractivity contribution in [2.75, 3.05) is 27.3 Å². The van der Waals surface area contributed by atoms with Crippen molar-refractivity contribution < 1.29 is 19.1 Å². The largest absolute Gasteiger partial charge is 0.496 e. The zero-order chi connectivity index (χ0) is 16.0. The lowest BCUT2D eigenvalue weighted by atomic mass is 10.1. The maximum atomic E-state index is 12.6. The van der Waals surface area contributed by atoms with Gasteiger partial charge in [-0.3, -0.25) is 9.59 Å².